The van der Waals surface area contributed by atoms with Crippen LogP contribution in [0.25, 0.3) is 10.9 Å². The lowest BCUT2D eigenvalue weighted by molar-refractivity contribution is -0.0369. The Bertz CT molecular complexity index is 1000. The van der Waals surface area contributed by atoms with Crippen LogP contribution in [0.1, 0.15) is 44.1 Å². The number of hydrogen-bond donors (Lipinski definition) is 0. The van der Waals surface area contributed by atoms with Crippen LogP contribution in [0, 0.1) is 9.52 Å². The molecule has 1 saturated heterocycles. The molecule has 2 atom stereocenters. The second-order valence-electron chi connectivity index (χ2n) is 6.63. The number of halogens is 4. The van der Waals surface area contributed by atoms with Crippen molar-refractivity contribution < 1.29 is 13.9 Å². The van der Waals surface area contributed by atoms with Crippen molar-refractivity contribution in [3.05, 3.63) is 49.7 Å². The Kier molecular flexibility index (Phi) is 5.96. The average molecular weight is 536 g/mol. The van der Waals surface area contributed by atoms with Gasteiger partial charge in [0.2, 0.25) is 0 Å². The fourth-order valence-electron chi connectivity index (χ4n) is 3.39. The highest BCUT2D eigenvalue weighted by atomic mass is 127. The first kappa shape index (κ1) is 20.1. The van der Waals surface area contributed by atoms with E-state index in [0.717, 1.165) is 28.3 Å². The molecule has 0 bridgehead atoms. The fourth-order valence-corrected chi connectivity index (χ4v) is 4.72. The molecule has 1 aliphatic heterocycles. The smallest absolute Gasteiger partial charge is 0.167 e. The van der Waals surface area contributed by atoms with Gasteiger partial charge in [-0.1, -0.05) is 23.2 Å². The topological polar surface area (TPSA) is 49.2 Å². The van der Waals surface area contributed by atoms with Gasteiger partial charge in [-0.3, -0.25) is 4.98 Å². The van der Waals surface area contributed by atoms with Crippen molar-refractivity contribution >= 4 is 56.7 Å². The monoisotopic (exact) mass is 535 g/mol. The van der Waals surface area contributed by atoms with E-state index in [1.54, 1.807) is 17.7 Å². The van der Waals surface area contributed by atoms with Gasteiger partial charge in [-0.2, -0.15) is 5.10 Å². The molecule has 3 aromatic rings. The molecule has 1 aliphatic rings. The minimum atomic E-state index is -0.552. The second-order valence-corrected chi connectivity index (χ2v) is 8.47. The second kappa shape index (κ2) is 8.30. The third kappa shape index (κ3) is 3.81. The van der Waals surface area contributed by atoms with Crippen molar-refractivity contribution in [2.45, 2.75) is 38.5 Å². The molecule has 1 unspecified atom stereocenters. The molecule has 28 heavy (non-hydrogen) atoms. The summed E-state index contributed by atoms with van der Waals surface area (Å²) in [6.45, 7) is 2.46. The zero-order chi connectivity index (χ0) is 19.8. The Morgan fingerprint density at radius 3 is 2.71 bits per heavy atom. The van der Waals surface area contributed by atoms with Crippen LogP contribution in [0.3, 0.4) is 0 Å². The summed E-state index contributed by atoms with van der Waals surface area (Å²) in [5.41, 5.74) is 1.26. The zero-order valence-corrected chi connectivity index (χ0v) is 18.6. The SMILES string of the molecule is C[C@@H](Oc1cc2c(I)nn(C3CCCCO3)c2cc1F)c1c(Cl)cncc1Cl. The van der Waals surface area contributed by atoms with Gasteiger partial charge in [0.05, 0.1) is 15.6 Å². The molecule has 1 aromatic carbocycles. The van der Waals surface area contributed by atoms with Crippen molar-refractivity contribution in [3.63, 3.8) is 0 Å². The Morgan fingerprint density at radius 2 is 2.04 bits per heavy atom. The first-order valence-corrected chi connectivity index (χ1v) is 10.7. The number of rotatable bonds is 4. The molecule has 1 fully saturated rings. The van der Waals surface area contributed by atoms with Crippen molar-refractivity contribution in [2.75, 3.05) is 6.61 Å². The molecule has 0 spiro atoms. The van der Waals surface area contributed by atoms with Crippen molar-refractivity contribution in [3.8, 4) is 5.75 Å². The minimum Gasteiger partial charge on any atom is -0.483 e. The molecule has 0 saturated carbocycles. The summed E-state index contributed by atoms with van der Waals surface area (Å²) in [6, 6.07) is 3.11. The first-order valence-electron chi connectivity index (χ1n) is 8.90. The van der Waals surface area contributed by atoms with E-state index in [0.29, 0.717) is 27.7 Å². The van der Waals surface area contributed by atoms with Crippen LogP contribution in [0.5, 0.6) is 5.75 Å². The molecule has 5 nitrogen and oxygen atoms in total. The number of pyridine rings is 1. The van der Waals surface area contributed by atoms with Gasteiger partial charge >= 0.3 is 0 Å². The van der Waals surface area contributed by atoms with E-state index >= 15 is 0 Å². The van der Waals surface area contributed by atoms with E-state index < -0.39 is 11.9 Å². The predicted molar refractivity (Wildman–Crippen MR) is 115 cm³/mol. The molecule has 0 N–H and O–H groups in total. The first-order chi connectivity index (χ1) is 13.5. The van der Waals surface area contributed by atoms with E-state index in [1.807, 2.05) is 0 Å². The lowest BCUT2D eigenvalue weighted by Crippen LogP contribution is -2.19. The van der Waals surface area contributed by atoms with Crippen LogP contribution in [0.15, 0.2) is 24.5 Å². The van der Waals surface area contributed by atoms with Gasteiger partial charge in [-0.15, -0.1) is 0 Å². The highest BCUT2D eigenvalue weighted by Crippen LogP contribution is 2.36. The molecular weight excluding hydrogens is 519 g/mol. The van der Waals surface area contributed by atoms with Crippen LogP contribution in [-0.2, 0) is 4.74 Å². The quantitative estimate of drug-likeness (QED) is 0.367. The van der Waals surface area contributed by atoms with Crippen LogP contribution in [0.4, 0.5) is 4.39 Å². The lowest BCUT2D eigenvalue weighted by Gasteiger charge is -2.23. The van der Waals surface area contributed by atoms with E-state index in [1.165, 1.54) is 18.5 Å². The molecule has 9 heteroatoms. The molecule has 0 amide bonds. The maximum Gasteiger partial charge on any atom is 0.167 e. The summed E-state index contributed by atoms with van der Waals surface area (Å²) in [6.07, 6.45) is 5.22. The highest BCUT2D eigenvalue weighted by Gasteiger charge is 2.23. The van der Waals surface area contributed by atoms with Gasteiger partial charge in [-0.05, 0) is 54.8 Å². The number of hydrogen-bond acceptors (Lipinski definition) is 4. The maximum absolute atomic E-state index is 14.9. The van der Waals surface area contributed by atoms with E-state index in [4.69, 9.17) is 32.7 Å². The number of benzene rings is 1. The van der Waals surface area contributed by atoms with Gasteiger partial charge in [-0.25, -0.2) is 9.07 Å². The van der Waals surface area contributed by atoms with Crippen LogP contribution >= 0.6 is 45.8 Å². The van der Waals surface area contributed by atoms with Crippen LogP contribution in [0.2, 0.25) is 10.0 Å². The zero-order valence-electron chi connectivity index (χ0n) is 15.0. The summed E-state index contributed by atoms with van der Waals surface area (Å²) in [5, 5.41) is 6.12. The molecule has 0 aliphatic carbocycles. The van der Waals surface area contributed by atoms with Crippen LogP contribution in [-0.4, -0.2) is 21.4 Å². The summed E-state index contributed by atoms with van der Waals surface area (Å²) < 4.78 is 29.1. The lowest BCUT2D eigenvalue weighted by atomic mass is 10.1. The summed E-state index contributed by atoms with van der Waals surface area (Å²) in [5.74, 6) is -0.361. The third-order valence-electron chi connectivity index (χ3n) is 4.74. The predicted octanol–water partition coefficient (Wildman–Crippen LogP) is 6.32. The molecule has 148 valence electrons. The number of aromatic nitrogens is 3. The van der Waals surface area contributed by atoms with Crippen molar-refractivity contribution in [1.82, 2.24) is 14.8 Å². The van der Waals surface area contributed by atoms with Gasteiger partial charge in [0.1, 0.15) is 9.80 Å². The number of ether oxygens (including phenoxy) is 2. The Balaban J connectivity index is 1.69. The molecule has 4 rings (SSSR count). The average Bonchev–Trinajstić information content (AvgIpc) is 2.98. The van der Waals surface area contributed by atoms with E-state index in [-0.39, 0.29) is 12.0 Å². The molecule has 2 aromatic heterocycles. The minimum absolute atomic E-state index is 0.117. The Hall–Kier alpha value is -1.16. The largest absolute Gasteiger partial charge is 0.483 e. The fraction of sp³-hybridized carbons (Fsp3) is 0.368. The molecule has 3 heterocycles. The maximum atomic E-state index is 14.9. The van der Waals surface area contributed by atoms with Crippen LogP contribution < -0.4 is 4.74 Å². The highest BCUT2D eigenvalue weighted by molar-refractivity contribution is 14.1. The summed E-state index contributed by atoms with van der Waals surface area (Å²) in [4.78, 5) is 3.93. The molecule has 0 radical (unpaired) electrons. The molecular formula is C19H17Cl2FIN3O2. The normalized spacial score (nSPS) is 18.4. The Morgan fingerprint density at radius 1 is 1.29 bits per heavy atom. The van der Waals surface area contributed by atoms with Gasteiger partial charge in [0, 0.05) is 36.0 Å². The third-order valence-corrected chi connectivity index (χ3v) is 6.14. The van der Waals surface area contributed by atoms with E-state index in [2.05, 4.69) is 32.7 Å². The van der Waals surface area contributed by atoms with Gasteiger partial charge < -0.3 is 9.47 Å². The van der Waals surface area contributed by atoms with E-state index in [9.17, 15) is 4.39 Å². The standard InChI is InChI=1S/C19H17Cl2FIN3O2/c1-10(18-12(20)8-24-9-13(18)21)28-16-6-11-15(7-14(16)22)26(25-19(11)23)17-4-2-3-5-27-17/h6-10,17H,2-5H2,1H3/t10-,17?/m1/s1. The van der Waals surface area contributed by atoms with Gasteiger partial charge in [0.25, 0.3) is 0 Å². The summed E-state index contributed by atoms with van der Waals surface area (Å²) >= 11 is 14.5. The Labute approximate surface area is 185 Å². The number of fused-ring (bicyclic) bond motifs is 1. The van der Waals surface area contributed by atoms with Crippen molar-refractivity contribution in [1.29, 1.82) is 0 Å². The van der Waals surface area contributed by atoms with Crippen molar-refractivity contribution in [2.24, 2.45) is 0 Å². The van der Waals surface area contributed by atoms with Gasteiger partial charge in [0.15, 0.2) is 17.8 Å². The summed E-state index contributed by atoms with van der Waals surface area (Å²) in [7, 11) is 0. The number of nitrogens with zero attached hydrogens (tertiary/aromatic N) is 3.